The molecule has 1 aliphatic rings. The maximum atomic E-state index is 9.34. The van der Waals surface area contributed by atoms with Gasteiger partial charge in [-0.25, -0.2) is 0 Å². The molecule has 0 spiro atoms. The van der Waals surface area contributed by atoms with E-state index < -0.39 is 0 Å². The van der Waals surface area contributed by atoms with Gasteiger partial charge >= 0.3 is 0 Å². The Morgan fingerprint density at radius 3 is 2.47 bits per heavy atom. The minimum atomic E-state index is 0.293. The summed E-state index contributed by atoms with van der Waals surface area (Å²) in [6.07, 6.45) is 9.26. The van der Waals surface area contributed by atoms with E-state index in [1.165, 1.54) is 38.5 Å². The highest BCUT2D eigenvalue weighted by Crippen LogP contribution is 2.27. The van der Waals surface area contributed by atoms with E-state index in [1.807, 2.05) is 0 Å². The lowest BCUT2D eigenvalue weighted by Gasteiger charge is -2.28. The van der Waals surface area contributed by atoms with Crippen LogP contribution in [0.5, 0.6) is 0 Å². The van der Waals surface area contributed by atoms with Crippen LogP contribution in [0.25, 0.3) is 0 Å². The van der Waals surface area contributed by atoms with Crippen LogP contribution in [0.2, 0.25) is 0 Å². The molecule has 0 radical (unpaired) electrons. The molecule has 0 amide bonds. The second-order valence-corrected chi connectivity index (χ2v) is 5.10. The van der Waals surface area contributed by atoms with E-state index in [9.17, 15) is 5.11 Å². The van der Waals surface area contributed by atoms with Crippen molar-refractivity contribution in [3.63, 3.8) is 0 Å². The predicted molar refractivity (Wildman–Crippen MR) is 65.0 cm³/mol. The van der Waals surface area contributed by atoms with Gasteiger partial charge in [0.15, 0.2) is 0 Å². The Kier molecular flexibility index (Phi) is 6.26. The van der Waals surface area contributed by atoms with E-state index in [1.54, 1.807) is 0 Å². The van der Waals surface area contributed by atoms with Crippen molar-refractivity contribution >= 4 is 0 Å². The largest absolute Gasteiger partial charge is 0.395 e. The van der Waals surface area contributed by atoms with Crippen LogP contribution in [0.1, 0.15) is 58.8 Å². The Balaban J connectivity index is 2.25. The normalized spacial score (nSPS) is 22.6. The summed E-state index contributed by atoms with van der Waals surface area (Å²) in [5.41, 5.74) is 0. The Morgan fingerprint density at radius 1 is 1.27 bits per heavy atom. The fourth-order valence-corrected chi connectivity index (χ4v) is 2.54. The highest BCUT2D eigenvalue weighted by Gasteiger charge is 2.19. The molecule has 2 unspecified atom stereocenters. The van der Waals surface area contributed by atoms with Crippen LogP contribution >= 0.6 is 0 Å². The molecule has 2 atom stereocenters. The van der Waals surface area contributed by atoms with Gasteiger partial charge in [0.2, 0.25) is 0 Å². The van der Waals surface area contributed by atoms with Gasteiger partial charge in [0.25, 0.3) is 0 Å². The Bertz CT molecular complexity index is 155. The maximum Gasteiger partial charge on any atom is 0.0584 e. The SMILES string of the molecule is CCC(C)NC(CO)CC1CCCCC1. The molecule has 0 aliphatic heterocycles. The molecular weight excluding hydrogens is 186 g/mol. The van der Waals surface area contributed by atoms with Crippen molar-refractivity contribution in [2.75, 3.05) is 6.61 Å². The monoisotopic (exact) mass is 213 g/mol. The van der Waals surface area contributed by atoms with Gasteiger partial charge in [-0.05, 0) is 25.7 Å². The third kappa shape index (κ3) is 4.98. The average Bonchev–Trinajstić information content (AvgIpc) is 2.29. The van der Waals surface area contributed by atoms with Crippen molar-refractivity contribution in [1.82, 2.24) is 5.32 Å². The van der Waals surface area contributed by atoms with Crippen LogP contribution in [-0.2, 0) is 0 Å². The van der Waals surface area contributed by atoms with Crippen molar-refractivity contribution in [1.29, 1.82) is 0 Å². The number of hydrogen-bond donors (Lipinski definition) is 2. The molecule has 1 rings (SSSR count). The first kappa shape index (κ1) is 13.0. The molecule has 1 fully saturated rings. The molecule has 2 N–H and O–H groups in total. The molecule has 0 bridgehead atoms. The summed E-state index contributed by atoms with van der Waals surface area (Å²) in [6.45, 7) is 4.68. The molecule has 0 aromatic carbocycles. The van der Waals surface area contributed by atoms with E-state index in [0.717, 1.165) is 12.3 Å². The van der Waals surface area contributed by atoms with Crippen molar-refractivity contribution in [2.24, 2.45) is 5.92 Å². The lowest BCUT2D eigenvalue weighted by atomic mass is 9.85. The van der Waals surface area contributed by atoms with Crippen molar-refractivity contribution in [3.8, 4) is 0 Å². The highest BCUT2D eigenvalue weighted by molar-refractivity contribution is 4.76. The first-order chi connectivity index (χ1) is 7.26. The average molecular weight is 213 g/mol. The van der Waals surface area contributed by atoms with Crippen LogP contribution in [-0.4, -0.2) is 23.8 Å². The zero-order chi connectivity index (χ0) is 11.1. The first-order valence-corrected chi connectivity index (χ1v) is 6.63. The highest BCUT2D eigenvalue weighted by atomic mass is 16.3. The third-order valence-electron chi connectivity index (χ3n) is 3.70. The molecular formula is C13H27NO. The van der Waals surface area contributed by atoms with Crippen LogP contribution in [0.15, 0.2) is 0 Å². The number of rotatable bonds is 6. The van der Waals surface area contributed by atoms with Gasteiger partial charge in [-0.2, -0.15) is 0 Å². The molecule has 0 aromatic heterocycles. The Morgan fingerprint density at radius 2 is 1.93 bits per heavy atom. The van der Waals surface area contributed by atoms with Crippen LogP contribution in [0.3, 0.4) is 0 Å². The molecule has 2 heteroatoms. The fraction of sp³-hybridized carbons (Fsp3) is 1.00. The van der Waals surface area contributed by atoms with Gasteiger partial charge in [-0.3, -0.25) is 0 Å². The topological polar surface area (TPSA) is 32.3 Å². The molecule has 1 aliphatic carbocycles. The van der Waals surface area contributed by atoms with E-state index in [-0.39, 0.29) is 0 Å². The van der Waals surface area contributed by atoms with Gasteiger partial charge in [-0.15, -0.1) is 0 Å². The molecule has 1 saturated carbocycles. The molecule has 0 aromatic rings. The summed E-state index contributed by atoms with van der Waals surface area (Å²) in [7, 11) is 0. The van der Waals surface area contributed by atoms with Gasteiger partial charge in [0.1, 0.15) is 0 Å². The van der Waals surface area contributed by atoms with E-state index in [0.29, 0.717) is 18.7 Å². The lowest BCUT2D eigenvalue weighted by molar-refractivity contribution is 0.195. The molecule has 15 heavy (non-hydrogen) atoms. The van der Waals surface area contributed by atoms with Gasteiger partial charge in [-0.1, -0.05) is 39.0 Å². The first-order valence-electron chi connectivity index (χ1n) is 6.63. The molecule has 0 heterocycles. The van der Waals surface area contributed by atoms with Crippen molar-refractivity contribution in [3.05, 3.63) is 0 Å². The smallest absolute Gasteiger partial charge is 0.0584 e. The number of aliphatic hydroxyl groups is 1. The summed E-state index contributed by atoms with van der Waals surface area (Å²) >= 11 is 0. The van der Waals surface area contributed by atoms with E-state index >= 15 is 0 Å². The van der Waals surface area contributed by atoms with Crippen LogP contribution in [0.4, 0.5) is 0 Å². The minimum absolute atomic E-state index is 0.293. The van der Waals surface area contributed by atoms with Gasteiger partial charge in [0, 0.05) is 12.1 Å². The zero-order valence-electron chi connectivity index (χ0n) is 10.3. The van der Waals surface area contributed by atoms with Crippen LogP contribution in [0, 0.1) is 5.92 Å². The van der Waals surface area contributed by atoms with E-state index in [4.69, 9.17) is 0 Å². The van der Waals surface area contributed by atoms with Crippen LogP contribution < -0.4 is 5.32 Å². The molecule has 90 valence electrons. The second kappa shape index (κ2) is 7.24. The summed E-state index contributed by atoms with van der Waals surface area (Å²) in [5, 5.41) is 12.9. The number of hydrogen-bond acceptors (Lipinski definition) is 2. The maximum absolute atomic E-state index is 9.34. The summed E-state index contributed by atoms with van der Waals surface area (Å²) in [4.78, 5) is 0. The van der Waals surface area contributed by atoms with Crippen molar-refractivity contribution < 1.29 is 5.11 Å². The Hall–Kier alpha value is -0.0800. The lowest BCUT2D eigenvalue weighted by Crippen LogP contribution is -2.40. The third-order valence-corrected chi connectivity index (χ3v) is 3.70. The summed E-state index contributed by atoms with van der Waals surface area (Å²) < 4.78 is 0. The zero-order valence-corrected chi connectivity index (χ0v) is 10.3. The summed E-state index contributed by atoms with van der Waals surface area (Å²) in [5.74, 6) is 0.854. The van der Waals surface area contributed by atoms with Crippen molar-refractivity contribution in [2.45, 2.75) is 70.9 Å². The second-order valence-electron chi connectivity index (χ2n) is 5.10. The fourth-order valence-electron chi connectivity index (χ4n) is 2.54. The van der Waals surface area contributed by atoms with Gasteiger partial charge < -0.3 is 10.4 Å². The Labute approximate surface area is 94.5 Å². The number of aliphatic hydroxyl groups excluding tert-OH is 1. The van der Waals surface area contributed by atoms with E-state index in [2.05, 4.69) is 19.2 Å². The quantitative estimate of drug-likeness (QED) is 0.711. The minimum Gasteiger partial charge on any atom is -0.395 e. The number of nitrogens with one attached hydrogen (secondary N) is 1. The molecule has 0 saturated heterocycles. The molecule has 2 nitrogen and oxygen atoms in total. The predicted octanol–water partition coefficient (Wildman–Crippen LogP) is 2.71. The standard InChI is InChI=1S/C13H27NO/c1-3-11(2)14-13(10-15)9-12-7-5-4-6-8-12/h11-15H,3-10H2,1-2H3. The van der Waals surface area contributed by atoms with Gasteiger partial charge in [0.05, 0.1) is 6.61 Å². The summed E-state index contributed by atoms with van der Waals surface area (Å²) in [6, 6.07) is 0.855.